The summed E-state index contributed by atoms with van der Waals surface area (Å²) in [6, 6.07) is 15.3. The fraction of sp³-hybridized carbons (Fsp3) is 0.231. The van der Waals surface area contributed by atoms with E-state index >= 15 is 0 Å². The molecule has 2 atom stereocenters. The molecule has 6 nitrogen and oxygen atoms in total. The quantitative estimate of drug-likeness (QED) is 0.366. The zero-order chi connectivity index (χ0) is 22.4. The summed E-state index contributed by atoms with van der Waals surface area (Å²) in [5.41, 5.74) is 3.13. The molecule has 1 saturated heterocycles. The minimum atomic E-state index is -0.860. The van der Waals surface area contributed by atoms with Gasteiger partial charge in [0.15, 0.2) is 0 Å². The SMILES string of the molecule is CCc1ccc(N2C(=O)C(=O)/C(=C(\O)c3ccc4c(c3)CC(C)O4)C2c2ccco2)cc1. The molecular weight excluding hydrogens is 406 g/mol. The summed E-state index contributed by atoms with van der Waals surface area (Å²) in [5.74, 6) is -0.486. The van der Waals surface area contributed by atoms with E-state index in [-0.39, 0.29) is 17.4 Å². The monoisotopic (exact) mass is 429 g/mol. The highest BCUT2D eigenvalue weighted by molar-refractivity contribution is 6.51. The van der Waals surface area contributed by atoms with Crippen LogP contribution in [-0.2, 0) is 22.4 Å². The van der Waals surface area contributed by atoms with Gasteiger partial charge in [-0.25, -0.2) is 0 Å². The zero-order valence-electron chi connectivity index (χ0n) is 17.9. The van der Waals surface area contributed by atoms with Crippen LogP contribution in [0.1, 0.15) is 42.3 Å². The molecule has 32 heavy (non-hydrogen) atoms. The number of hydrogen-bond donors (Lipinski definition) is 1. The van der Waals surface area contributed by atoms with Crippen molar-refractivity contribution in [2.75, 3.05) is 4.90 Å². The second-order valence-electron chi connectivity index (χ2n) is 8.16. The Balaban J connectivity index is 1.64. The minimum Gasteiger partial charge on any atom is -0.507 e. The highest BCUT2D eigenvalue weighted by atomic mass is 16.5. The molecule has 1 aromatic heterocycles. The molecule has 0 saturated carbocycles. The maximum absolute atomic E-state index is 13.1. The van der Waals surface area contributed by atoms with Crippen molar-refractivity contribution in [3.63, 3.8) is 0 Å². The van der Waals surface area contributed by atoms with Gasteiger partial charge in [-0.3, -0.25) is 14.5 Å². The molecule has 2 aliphatic rings. The molecule has 5 rings (SSSR count). The number of furan rings is 1. The van der Waals surface area contributed by atoms with E-state index in [4.69, 9.17) is 9.15 Å². The number of rotatable bonds is 4. The lowest BCUT2D eigenvalue weighted by molar-refractivity contribution is -0.132. The third kappa shape index (κ3) is 3.19. The number of fused-ring (bicyclic) bond motifs is 1. The summed E-state index contributed by atoms with van der Waals surface area (Å²) < 4.78 is 11.3. The van der Waals surface area contributed by atoms with Crippen LogP contribution < -0.4 is 9.64 Å². The van der Waals surface area contributed by atoms with Crippen molar-refractivity contribution < 1.29 is 23.8 Å². The van der Waals surface area contributed by atoms with Crippen molar-refractivity contribution in [1.29, 1.82) is 0 Å². The maximum atomic E-state index is 13.1. The number of aryl methyl sites for hydroxylation is 1. The predicted molar refractivity (Wildman–Crippen MR) is 120 cm³/mol. The Kier molecular flexibility index (Phi) is 4.85. The predicted octanol–water partition coefficient (Wildman–Crippen LogP) is 4.79. The van der Waals surface area contributed by atoms with Crippen LogP contribution >= 0.6 is 0 Å². The van der Waals surface area contributed by atoms with Crippen LogP contribution in [-0.4, -0.2) is 22.9 Å². The van der Waals surface area contributed by atoms with Gasteiger partial charge in [0.25, 0.3) is 11.7 Å². The lowest BCUT2D eigenvalue weighted by Gasteiger charge is -2.23. The first kappa shape index (κ1) is 20.1. The van der Waals surface area contributed by atoms with Crippen LogP contribution in [0.5, 0.6) is 5.75 Å². The second kappa shape index (κ2) is 7.71. The maximum Gasteiger partial charge on any atom is 0.300 e. The van der Waals surface area contributed by atoms with E-state index in [1.165, 1.54) is 11.2 Å². The molecular formula is C26H23NO5. The smallest absolute Gasteiger partial charge is 0.300 e. The van der Waals surface area contributed by atoms with Crippen molar-refractivity contribution in [2.45, 2.75) is 38.8 Å². The van der Waals surface area contributed by atoms with Gasteiger partial charge in [0.05, 0.1) is 11.8 Å². The molecule has 0 bridgehead atoms. The van der Waals surface area contributed by atoms with Gasteiger partial charge in [-0.15, -0.1) is 0 Å². The zero-order valence-corrected chi connectivity index (χ0v) is 17.9. The number of Topliss-reactive ketones (excluding diaryl/α,β-unsaturated/α-hetero) is 1. The molecule has 2 aliphatic heterocycles. The fourth-order valence-electron chi connectivity index (χ4n) is 4.43. The Hall–Kier alpha value is -3.80. The van der Waals surface area contributed by atoms with Gasteiger partial charge in [-0.05, 0) is 66.9 Å². The van der Waals surface area contributed by atoms with Gasteiger partial charge in [0.2, 0.25) is 0 Å². The first-order valence-electron chi connectivity index (χ1n) is 10.7. The average Bonchev–Trinajstić information content (AvgIpc) is 3.51. The Labute approximate surface area is 185 Å². The third-order valence-corrected chi connectivity index (χ3v) is 6.05. The molecule has 2 unspecified atom stereocenters. The largest absolute Gasteiger partial charge is 0.507 e. The molecule has 6 heteroatoms. The molecule has 162 valence electrons. The van der Waals surface area contributed by atoms with E-state index in [9.17, 15) is 14.7 Å². The van der Waals surface area contributed by atoms with Crippen LogP contribution in [0.3, 0.4) is 0 Å². The summed E-state index contributed by atoms with van der Waals surface area (Å²) in [7, 11) is 0. The molecule has 3 aromatic rings. The number of carbonyl (C=O) groups excluding carboxylic acids is 2. The number of nitrogens with zero attached hydrogens (tertiary/aromatic N) is 1. The summed E-state index contributed by atoms with van der Waals surface area (Å²) in [6.07, 6.45) is 3.13. The van der Waals surface area contributed by atoms with Crippen LogP contribution in [0.25, 0.3) is 5.76 Å². The standard InChI is InChI=1S/C26H23NO5/c1-3-16-6-9-19(10-7-16)27-23(21-5-4-12-31-21)22(25(29)26(27)30)24(28)17-8-11-20-18(14-17)13-15(2)32-20/h4-12,14-15,23,28H,3,13H2,1-2H3/b24-22-. The number of ketones is 1. The van der Waals surface area contributed by atoms with Gasteiger partial charge in [0, 0.05) is 17.7 Å². The highest BCUT2D eigenvalue weighted by Crippen LogP contribution is 2.43. The average molecular weight is 429 g/mol. The number of benzene rings is 2. The Morgan fingerprint density at radius 2 is 1.91 bits per heavy atom. The van der Waals surface area contributed by atoms with Crippen molar-refractivity contribution in [3.05, 3.63) is 88.9 Å². The van der Waals surface area contributed by atoms with Crippen LogP contribution in [0.15, 0.2) is 70.9 Å². The molecule has 2 aromatic carbocycles. The lowest BCUT2D eigenvalue weighted by atomic mass is 9.97. The number of hydrogen-bond acceptors (Lipinski definition) is 5. The number of ether oxygens (including phenoxy) is 1. The molecule has 0 radical (unpaired) electrons. The van der Waals surface area contributed by atoms with E-state index < -0.39 is 17.7 Å². The van der Waals surface area contributed by atoms with E-state index in [0.29, 0.717) is 17.0 Å². The van der Waals surface area contributed by atoms with Crippen molar-refractivity contribution in [1.82, 2.24) is 0 Å². The van der Waals surface area contributed by atoms with Gasteiger partial charge in [0.1, 0.15) is 29.4 Å². The summed E-state index contributed by atoms with van der Waals surface area (Å²) in [6.45, 7) is 4.03. The number of aliphatic hydroxyl groups is 1. The first-order chi connectivity index (χ1) is 15.5. The molecule has 0 aliphatic carbocycles. The minimum absolute atomic E-state index is 0.0106. The van der Waals surface area contributed by atoms with E-state index in [1.807, 2.05) is 44.2 Å². The van der Waals surface area contributed by atoms with Gasteiger partial charge in [-0.2, -0.15) is 0 Å². The van der Waals surface area contributed by atoms with Gasteiger partial charge >= 0.3 is 0 Å². The Bertz CT molecular complexity index is 1220. The lowest BCUT2D eigenvalue weighted by Crippen LogP contribution is -2.29. The molecule has 1 N–H and O–H groups in total. The molecule has 1 fully saturated rings. The third-order valence-electron chi connectivity index (χ3n) is 6.05. The van der Waals surface area contributed by atoms with Gasteiger partial charge in [-0.1, -0.05) is 19.1 Å². The van der Waals surface area contributed by atoms with E-state index in [1.54, 1.807) is 24.3 Å². The number of amides is 1. The van der Waals surface area contributed by atoms with Crippen molar-refractivity contribution in [3.8, 4) is 5.75 Å². The van der Waals surface area contributed by atoms with E-state index in [2.05, 4.69) is 0 Å². The van der Waals surface area contributed by atoms with Crippen LogP contribution in [0.2, 0.25) is 0 Å². The number of aliphatic hydroxyl groups excluding tert-OH is 1. The Morgan fingerprint density at radius 3 is 2.59 bits per heavy atom. The molecule has 3 heterocycles. The van der Waals surface area contributed by atoms with Crippen LogP contribution in [0, 0.1) is 0 Å². The second-order valence-corrected chi connectivity index (χ2v) is 8.16. The Morgan fingerprint density at radius 1 is 1.12 bits per heavy atom. The summed E-state index contributed by atoms with van der Waals surface area (Å²) in [4.78, 5) is 27.6. The van der Waals surface area contributed by atoms with Crippen molar-refractivity contribution in [2.24, 2.45) is 0 Å². The van der Waals surface area contributed by atoms with Crippen molar-refractivity contribution >= 4 is 23.1 Å². The number of anilines is 1. The number of carbonyl (C=O) groups is 2. The van der Waals surface area contributed by atoms with Crippen LogP contribution in [0.4, 0.5) is 5.69 Å². The summed E-state index contributed by atoms with van der Waals surface area (Å²) >= 11 is 0. The molecule has 0 spiro atoms. The first-order valence-corrected chi connectivity index (χ1v) is 10.7. The highest BCUT2D eigenvalue weighted by Gasteiger charge is 2.48. The topological polar surface area (TPSA) is 80.0 Å². The van der Waals surface area contributed by atoms with Gasteiger partial charge < -0.3 is 14.3 Å². The summed E-state index contributed by atoms with van der Waals surface area (Å²) in [5, 5.41) is 11.2. The normalized spacial score (nSPS) is 21.6. The van der Waals surface area contributed by atoms with E-state index in [0.717, 1.165) is 29.7 Å². The molecule has 1 amide bonds. The fourth-order valence-corrected chi connectivity index (χ4v) is 4.43.